The van der Waals surface area contributed by atoms with Gasteiger partial charge in [0.05, 0.1) is 0 Å². The number of aryl methyl sites for hydroxylation is 1. The SMILES string of the molecule is CCc1c(C)oc2ccc(Cl)cc2/c1=N\O. The predicted molar refractivity (Wildman–Crippen MR) is 62.7 cm³/mol. The number of fused-ring (bicyclic) bond motifs is 1. The maximum Gasteiger partial charge on any atom is 0.136 e. The van der Waals surface area contributed by atoms with Gasteiger partial charge in [0.25, 0.3) is 0 Å². The van der Waals surface area contributed by atoms with E-state index in [9.17, 15) is 0 Å². The minimum Gasteiger partial charge on any atom is -0.461 e. The zero-order valence-electron chi connectivity index (χ0n) is 9.12. The lowest BCUT2D eigenvalue weighted by atomic mass is 10.1. The summed E-state index contributed by atoms with van der Waals surface area (Å²) in [7, 11) is 0. The maximum atomic E-state index is 9.10. The highest BCUT2D eigenvalue weighted by molar-refractivity contribution is 6.31. The first kappa shape index (κ1) is 11.0. The molecule has 0 aliphatic rings. The lowest BCUT2D eigenvalue weighted by molar-refractivity contribution is 0.301. The lowest BCUT2D eigenvalue weighted by Gasteiger charge is -2.06. The summed E-state index contributed by atoms with van der Waals surface area (Å²) in [6.07, 6.45) is 0.747. The topological polar surface area (TPSA) is 45.7 Å². The van der Waals surface area contributed by atoms with Crippen LogP contribution in [-0.2, 0) is 6.42 Å². The molecule has 0 saturated carbocycles. The number of rotatable bonds is 1. The van der Waals surface area contributed by atoms with E-state index < -0.39 is 0 Å². The third-order valence-electron chi connectivity index (χ3n) is 2.62. The molecule has 84 valence electrons. The van der Waals surface area contributed by atoms with Gasteiger partial charge in [0.15, 0.2) is 0 Å². The number of hydrogen-bond acceptors (Lipinski definition) is 3. The van der Waals surface area contributed by atoms with Crippen LogP contribution in [0.25, 0.3) is 11.0 Å². The summed E-state index contributed by atoms with van der Waals surface area (Å²) in [5.74, 6) is 0.769. The van der Waals surface area contributed by atoms with Gasteiger partial charge in [0, 0.05) is 16.0 Å². The van der Waals surface area contributed by atoms with Crippen LogP contribution in [0.4, 0.5) is 0 Å². The van der Waals surface area contributed by atoms with Crippen LogP contribution in [-0.4, -0.2) is 5.21 Å². The highest BCUT2D eigenvalue weighted by Crippen LogP contribution is 2.19. The fraction of sp³-hybridized carbons (Fsp3) is 0.250. The molecule has 1 heterocycles. The minimum absolute atomic E-state index is 0.545. The van der Waals surface area contributed by atoms with Crippen molar-refractivity contribution in [3.05, 3.63) is 39.9 Å². The monoisotopic (exact) mass is 237 g/mol. The first-order valence-corrected chi connectivity index (χ1v) is 5.45. The highest BCUT2D eigenvalue weighted by Gasteiger charge is 2.08. The summed E-state index contributed by atoms with van der Waals surface area (Å²) in [5.41, 5.74) is 1.57. The number of hydrogen-bond donors (Lipinski definition) is 1. The van der Waals surface area contributed by atoms with Crippen molar-refractivity contribution < 1.29 is 9.62 Å². The van der Waals surface area contributed by atoms with Crippen molar-refractivity contribution in [2.24, 2.45) is 5.16 Å². The van der Waals surface area contributed by atoms with Crippen molar-refractivity contribution in [1.29, 1.82) is 0 Å². The fourth-order valence-corrected chi connectivity index (χ4v) is 2.03. The Bertz CT molecular complexity index is 602. The molecule has 3 nitrogen and oxygen atoms in total. The van der Waals surface area contributed by atoms with Crippen LogP contribution in [0.1, 0.15) is 18.2 Å². The summed E-state index contributed by atoms with van der Waals surface area (Å²) in [6, 6.07) is 5.27. The van der Waals surface area contributed by atoms with Gasteiger partial charge >= 0.3 is 0 Å². The Labute approximate surface area is 98.0 Å². The van der Waals surface area contributed by atoms with Crippen LogP contribution >= 0.6 is 11.6 Å². The molecule has 1 aromatic heterocycles. The van der Waals surface area contributed by atoms with Gasteiger partial charge < -0.3 is 9.62 Å². The summed E-state index contributed by atoms with van der Waals surface area (Å²) in [6.45, 7) is 3.85. The van der Waals surface area contributed by atoms with E-state index in [1.807, 2.05) is 13.8 Å². The quantitative estimate of drug-likeness (QED) is 0.611. The summed E-state index contributed by atoms with van der Waals surface area (Å²) < 4.78 is 5.65. The van der Waals surface area contributed by atoms with Crippen molar-refractivity contribution >= 4 is 22.6 Å². The molecule has 0 unspecified atom stereocenters. The fourth-order valence-electron chi connectivity index (χ4n) is 1.86. The molecule has 0 atom stereocenters. The Morgan fingerprint density at radius 1 is 1.44 bits per heavy atom. The van der Waals surface area contributed by atoms with E-state index in [1.54, 1.807) is 18.2 Å². The third kappa shape index (κ3) is 1.67. The normalized spacial score (nSPS) is 12.3. The van der Waals surface area contributed by atoms with Crippen LogP contribution in [0.3, 0.4) is 0 Å². The predicted octanol–water partition coefficient (Wildman–Crippen LogP) is 3.25. The average Bonchev–Trinajstić information content (AvgIpc) is 2.28. The minimum atomic E-state index is 0.545. The number of benzene rings is 1. The van der Waals surface area contributed by atoms with E-state index in [1.165, 1.54) is 0 Å². The van der Waals surface area contributed by atoms with E-state index in [0.717, 1.165) is 23.1 Å². The Morgan fingerprint density at radius 2 is 2.19 bits per heavy atom. The molecule has 2 aromatic rings. The summed E-state index contributed by atoms with van der Waals surface area (Å²) >= 11 is 5.92. The largest absolute Gasteiger partial charge is 0.461 e. The molecule has 0 amide bonds. The van der Waals surface area contributed by atoms with Gasteiger partial charge in [-0.1, -0.05) is 23.7 Å². The lowest BCUT2D eigenvalue weighted by Crippen LogP contribution is -2.12. The molecule has 2 rings (SSSR count). The van der Waals surface area contributed by atoms with Gasteiger partial charge in [-0.05, 0) is 31.5 Å². The van der Waals surface area contributed by atoms with Gasteiger partial charge in [-0.2, -0.15) is 0 Å². The van der Waals surface area contributed by atoms with Gasteiger partial charge in [0.2, 0.25) is 0 Å². The first-order chi connectivity index (χ1) is 7.67. The second-order valence-corrected chi connectivity index (χ2v) is 4.02. The standard InChI is InChI=1S/C12H12ClNO2/c1-3-9-7(2)16-11-5-4-8(13)6-10(11)12(9)14-15/h4-6,15H,3H2,1-2H3/b14-12-. The van der Waals surface area contributed by atoms with Crippen LogP contribution in [0.5, 0.6) is 0 Å². The third-order valence-corrected chi connectivity index (χ3v) is 2.86. The number of nitrogens with zero attached hydrogens (tertiary/aromatic N) is 1. The second kappa shape index (κ2) is 4.18. The molecule has 0 fully saturated rings. The Morgan fingerprint density at radius 3 is 2.81 bits per heavy atom. The molecule has 0 bridgehead atoms. The Kier molecular flexibility index (Phi) is 2.88. The van der Waals surface area contributed by atoms with E-state index in [4.69, 9.17) is 21.2 Å². The first-order valence-electron chi connectivity index (χ1n) is 5.07. The molecule has 0 aliphatic carbocycles. The van der Waals surface area contributed by atoms with Crippen molar-refractivity contribution in [2.45, 2.75) is 20.3 Å². The Balaban J connectivity index is 2.99. The molecule has 1 N–H and O–H groups in total. The van der Waals surface area contributed by atoms with Crippen molar-refractivity contribution in [3.63, 3.8) is 0 Å². The summed E-state index contributed by atoms with van der Waals surface area (Å²) in [5, 5.41) is 14.3. The van der Waals surface area contributed by atoms with Crippen molar-refractivity contribution in [3.8, 4) is 0 Å². The second-order valence-electron chi connectivity index (χ2n) is 3.58. The number of halogens is 1. The molecule has 1 aromatic carbocycles. The maximum absolute atomic E-state index is 9.10. The van der Waals surface area contributed by atoms with Gasteiger partial charge in [0.1, 0.15) is 16.7 Å². The zero-order chi connectivity index (χ0) is 11.7. The van der Waals surface area contributed by atoms with Gasteiger partial charge in [-0.15, -0.1) is 0 Å². The summed E-state index contributed by atoms with van der Waals surface area (Å²) in [4.78, 5) is 0. The molecular weight excluding hydrogens is 226 g/mol. The molecule has 4 heteroatoms. The smallest absolute Gasteiger partial charge is 0.136 e. The highest BCUT2D eigenvalue weighted by atomic mass is 35.5. The van der Waals surface area contributed by atoms with Crippen LogP contribution < -0.4 is 5.36 Å². The molecule has 0 spiro atoms. The average molecular weight is 238 g/mol. The zero-order valence-corrected chi connectivity index (χ0v) is 9.88. The van der Waals surface area contributed by atoms with Crippen molar-refractivity contribution in [2.75, 3.05) is 0 Å². The van der Waals surface area contributed by atoms with Gasteiger partial charge in [-0.3, -0.25) is 0 Å². The van der Waals surface area contributed by atoms with Crippen molar-refractivity contribution in [1.82, 2.24) is 0 Å². The van der Waals surface area contributed by atoms with E-state index in [0.29, 0.717) is 16.0 Å². The molecule has 0 aliphatic heterocycles. The van der Waals surface area contributed by atoms with E-state index in [-0.39, 0.29) is 0 Å². The van der Waals surface area contributed by atoms with Gasteiger partial charge in [-0.25, -0.2) is 0 Å². The van der Waals surface area contributed by atoms with E-state index >= 15 is 0 Å². The van der Waals surface area contributed by atoms with E-state index in [2.05, 4.69) is 5.16 Å². The van der Waals surface area contributed by atoms with Crippen LogP contribution in [0.2, 0.25) is 5.02 Å². The molecule has 16 heavy (non-hydrogen) atoms. The molecular formula is C12H12ClNO2. The van der Waals surface area contributed by atoms with Crippen LogP contribution in [0.15, 0.2) is 27.8 Å². The molecule has 0 radical (unpaired) electrons. The Hall–Kier alpha value is -1.48. The van der Waals surface area contributed by atoms with Crippen LogP contribution in [0, 0.1) is 6.92 Å². The molecule has 0 saturated heterocycles.